The molecule has 4 nitrogen and oxygen atoms in total. The van der Waals surface area contributed by atoms with E-state index in [0.717, 1.165) is 28.6 Å². The fourth-order valence-corrected chi connectivity index (χ4v) is 3.98. The fraction of sp³-hybridized carbons (Fsp3) is 0.571. The summed E-state index contributed by atoms with van der Waals surface area (Å²) in [6.07, 6.45) is 5.35. The Balaban J connectivity index is 2.01. The fourth-order valence-electron chi connectivity index (χ4n) is 2.65. The highest BCUT2D eigenvalue weighted by Crippen LogP contribution is 2.35. The molecule has 1 aliphatic carbocycles. The average molecular weight is 407 g/mol. The molecular formula is C14H18INO3S. The van der Waals surface area contributed by atoms with Crippen molar-refractivity contribution in [2.45, 2.75) is 38.5 Å². The third-order valence-corrected chi connectivity index (χ3v) is 5.72. The molecule has 0 spiro atoms. The molecule has 1 aliphatic rings. The van der Waals surface area contributed by atoms with Gasteiger partial charge in [0, 0.05) is 11.9 Å². The van der Waals surface area contributed by atoms with Crippen LogP contribution >= 0.6 is 33.9 Å². The predicted molar refractivity (Wildman–Crippen MR) is 87.1 cm³/mol. The number of aliphatic carboxylic acids is 1. The number of rotatable bonds is 4. The number of amides is 1. The molecule has 0 atom stereocenters. The maximum atomic E-state index is 12.1. The summed E-state index contributed by atoms with van der Waals surface area (Å²) in [7, 11) is 0. The number of carboxylic acids is 1. The summed E-state index contributed by atoms with van der Waals surface area (Å²) in [5, 5.41) is 14.2. The Kier molecular flexibility index (Phi) is 5.42. The number of hydrogen-bond acceptors (Lipinski definition) is 3. The van der Waals surface area contributed by atoms with E-state index in [1.165, 1.54) is 11.3 Å². The summed E-state index contributed by atoms with van der Waals surface area (Å²) in [6.45, 7) is 0.230. The van der Waals surface area contributed by atoms with E-state index in [2.05, 4.69) is 27.9 Å². The number of carboxylic acid groups (broad SMARTS) is 1. The Labute approximate surface area is 136 Å². The second kappa shape index (κ2) is 6.89. The summed E-state index contributed by atoms with van der Waals surface area (Å²) in [5.74, 6) is -0.950. The number of nitrogens with one attached hydrogen (secondary N) is 1. The van der Waals surface area contributed by atoms with Crippen LogP contribution in [0, 0.1) is 8.30 Å². The summed E-state index contributed by atoms with van der Waals surface area (Å²) in [5.41, 5.74) is -0.163. The van der Waals surface area contributed by atoms with Crippen LogP contribution in [0.1, 0.15) is 48.9 Å². The number of carbonyl (C=O) groups is 2. The third-order valence-electron chi connectivity index (χ3n) is 3.93. The van der Waals surface area contributed by atoms with Crippen LogP contribution in [0.4, 0.5) is 0 Å². The second-order valence-electron chi connectivity index (χ2n) is 5.32. The highest BCUT2D eigenvalue weighted by atomic mass is 127. The van der Waals surface area contributed by atoms with Gasteiger partial charge in [0.15, 0.2) is 0 Å². The van der Waals surface area contributed by atoms with Crippen LogP contribution in [0.25, 0.3) is 0 Å². The molecule has 110 valence electrons. The Morgan fingerprint density at radius 3 is 2.45 bits per heavy atom. The van der Waals surface area contributed by atoms with Crippen LogP contribution in [0.3, 0.4) is 0 Å². The van der Waals surface area contributed by atoms with E-state index in [0.29, 0.717) is 18.4 Å². The van der Waals surface area contributed by atoms with Crippen LogP contribution < -0.4 is 5.32 Å². The lowest BCUT2D eigenvalue weighted by Gasteiger charge is -2.28. The monoisotopic (exact) mass is 407 g/mol. The number of thiophene rings is 1. The Morgan fingerprint density at radius 2 is 1.95 bits per heavy atom. The largest absolute Gasteiger partial charge is 0.481 e. The van der Waals surface area contributed by atoms with E-state index >= 15 is 0 Å². The van der Waals surface area contributed by atoms with E-state index in [4.69, 9.17) is 0 Å². The zero-order valence-electron chi connectivity index (χ0n) is 11.2. The molecule has 2 N–H and O–H groups in total. The smallest absolute Gasteiger partial charge is 0.311 e. The van der Waals surface area contributed by atoms with Gasteiger partial charge in [-0.25, -0.2) is 0 Å². The minimum Gasteiger partial charge on any atom is -0.481 e. The van der Waals surface area contributed by atoms with Crippen molar-refractivity contribution in [1.82, 2.24) is 5.32 Å². The SMILES string of the molecule is O=C(NCC1(C(=O)O)CCCCCC1)c1csc(I)c1. The van der Waals surface area contributed by atoms with E-state index in [1.807, 2.05) is 6.07 Å². The van der Waals surface area contributed by atoms with Crippen molar-refractivity contribution in [3.8, 4) is 0 Å². The maximum Gasteiger partial charge on any atom is 0.311 e. The van der Waals surface area contributed by atoms with Crippen LogP contribution in [-0.2, 0) is 4.79 Å². The van der Waals surface area contributed by atoms with E-state index < -0.39 is 11.4 Å². The molecule has 0 radical (unpaired) electrons. The summed E-state index contributed by atoms with van der Waals surface area (Å²) < 4.78 is 1.05. The lowest BCUT2D eigenvalue weighted by Crippen LogP contribution is -2.42. The van der Waals surface area contributed by atoms with Crippen molar-refractivity contribution < 1.29 is 14.7 Å². The van der Waals surface area contributed by atoms with E-state index in [-0.39, 0.29) is 12.5 Å². The molecule has 1 amide bonds. The van der Waals surface area contributed by atoms with Crippen molar-refractivity contribution >= 4 is 45.8 Å². The lowest BCUT2D eigenvalue weighted by atomic mass is 9.80. The first-order valence-electron chi connectivity index (χ1n) is 6.79. The first kappa shape index (κ1) is 15.8. The Hall–Kier alpha value is -0.630. The zero-order chi connectivity index (χ0) is 14.6. The van der Waals surface area contributed by atoms with Gasteiger partial charge in [-0.3, -0.25) is 9.59 Å². The standard InChI is InChI=1S/C14H18INO3S/c15-11-7-10(8-20-11)12(17)16-9-14(13(18)19)5-3-1-2-4-6-14/h7-8H,1-6,9H2,(H,16,17)(H,18,19). The minimum absolute atomic E-state index is 0.172. The first-order valence-corrected chi connectivity index (χ1v) is 8.75. The third kappa shape index (κ3) is 3.72. The van der Waals surface area contributed by atoms with Gasteiger partial charge in [-0.1, -0.05) is 25.7 Å². The molecule has 1 heterocycles. The molecule has 6 heteroatoms. The molecule has 1 aromatic rings. The van der Waals surface area contributed by atoms with Gasteiger partial charge in [0.2, 0.25) is 0 Å². The van der Waals surface area contributed by atoms with Crippen LogP contribution in [0.5, 0.6) is 0 Å². The maximum absolute atomic E-state index is 12.1. The average Bonchev–Trinajstić information content (AvgIpc) is 2.71. The summed E-state index contributed by atoms with van der Waals surface area (Å²) >= 11 is 3.68. The summed E-state index contributed by atoms with van der Waals surface area (Å²) in [6, 6.07) is 1.82. The van der Waals surface area contributed by atoms with Crippen molar-refractivity contribution in [1.29, 1.82) is 0 Å². The lowest BCUT2D eigenvalue weighted by molar-refractivity contribution is -0.149. The van der Waals surface area contributed by atoms with Gasteiger partial charge in [0.25, 0.3) is 5.91 Å². The molecule has 0 aromatic carbocycles. The quantitative estimate of drug-likeness (QED) is 0.593. The molecule has 1 aromatic heterocycles. The van der Waals surface area contributed by atoms with Gasteiger partial charge in [-0.15, -0.1) is 11.3 Å². The number of halogens is 1. The highest BCUT2D eigenvalue weighted by Gasteiger charge is 2.38. The van der Waals surface area contributed by atoms with Gasteiger partial charge >= 0.3 is 5.97 Å². The topological polar surface area (TPSA) is 66.4 Å². The highest BCUT2D eigenvalue weighted by molar-refractivity contribution is 14.1. The molecule has 1 saturated carbocycles. The van der Waals surface area contributed by atoms with Gasteiger partial charge in [-0.2, -0.15) is 0 Å². The normalized spacial score (nSPS) is 18.2. The molecule has 1 fully saturated rings. The molecule has 0 unspecified atom stereocenters. The van der Waals surface area contributed by atoms with Gasteiger partial charge in [0.05, 0.1) is 13.9 Å². The van der Waals surface area contributed by atoms with Crippen molar-refractivity contribution in [2.24, 2.45) is 5.41 Å². The van der Waals surface area contributed by atoms with Crippen LogP contribution in [0.2, 0.25) is 0 Å². The number of hydrogen-bond donors (Lipinski definition) is 2. The van der Waals surface area contributed by atoms with E-state index in [9.17, 15) is 14.7 Å². The van der Waals surface area contributed by atoms with Crippen LogP contribution in [-0.4, -0.2) is 23.5 Å². The summed E-state index contributed by atoms with van der Waals surface area (Å²) in [4.78, 5) is 23.7. The Bertz CT molecular complexity index is 492. The van der Waals surface area contributed by atoms with Gasteiger partial charge < -0.3 is 10.4 Å². The van der Waals surface area contributed by atoms with Crippen molar-refractivity contribution in [2.75, 3.05) is 6.54 Å². The van der Waals surface area contributed by atoms with Crippen molar-refractivity contribution in [3.05, 3.63) is 19.9 Å². The first-order chi connectivity index (χ1) is 9.53. The second-order valence-corrected chi connectivity index (χ2v) is 8.13. The predicted octanol–water partition coefficient (Wildman–Crippen LogP) is 3.51. The molecular weight excluding hydrogens is 389 g/mol. The Morgan fingerprint density at radius 1 is 1.30 bits per heavy atom. The zero-order valence-corrected chi connectivity index (χ0v) is 14.1. The molecule has 0 aliphatic heterocycles. The van der Waals surface area contributed by atoms with Gasteiger partial charge in [0.1, 0.15) is 0 Å². The van der Waals surface area contributed by atoms with E-state index in [1.54, 1.807) is 5.38 Å². The van der Waals surface area contributed by atoms with Crippen LogP contribution in [0.15, 0.2) is 11.4 Å². The molecule has 20 heavy (non-hydrogen) atoms. The molecule has 0 saturated heterocycles. The molecule has 0 bridgehead atoms. The number of carbonyl (C=O) groups excluding carboxylic acids is 1. The minimum atomic E-state index is -0.782. The van der Waals surface area contributed by atoms with Gasteiger partial charge in [-0.05, 0) is 41.5 Å². The molecule has 2 rings (SSSR count). The van der Waals surface area contributed by atoms with Crippen molar-refractivity contribution in [3.63, 3.8) is 0 Å².